The number of halogens is 1. The first-order chi connectivity index (χ1) is 11.8. The second-order valence-corrected chi connectivity index (χ2v) is 7.16. The second-order valence-electron chi connectivity index (χ2n) is 5.30. The first-order valence-corrected chi connectivity index (χ1v) is 8.91. The van der Waals surface area contributed by atoms with Crippen molar-refractivity contribution in [3.05, 3.63) is 60.4 Å². The van der Waals surface area contributed by atoms with Crippen molar-refractivity contribution in [2.45, 2.75) is 11.8 Å². The Kier molecular flexibility index (Phi) is 5.69. The maximum absolute atomic E-state index is 14.0. The van der Waals surface area contributed by atoms with Crippen LogP contribution in [0.5, 0.6) is 11.5 Å². The summed E-state index contributed by atoms with van der Waals surface area (Å²) >= 11 is 0. The summed E-state index contributed by atoms with van der Waals surface area (Å²) in [5.41, 5.74) is 1.22. The molecule has 0 N–H and O–H groups in total. The van der Waals surface area contributed by atoms with Crippen LogP contribution in [0.2, 0.25) is 0 Å². The number of sulfonamides is 1. The normalized spacial score (nSPS) is 11.0. The first-order valence-electron chi connectivity index (χ1n) is 7.47. The summed E-state index contributed by atoms with van der Waals surface area (Å²) < 4.78 is 51.4. The standard InChI is InChI=1S/C18H20FNO4S/c1-5-10-20(16-11-13(2)6-8-18(16)24-4)25(21,22)14-7-9-17(23-3)15(19)12-14/h5-9,11-12H,1,10H2,2-4H3. The van der Waals surface area contributed by atoms with Crippen LogP contribution in [-0.2, 0) is 10.0 Å². The Hall–Kier alpha value is -2.54. The summed E-state index contributed by atoms with van der Waals surface area (Å²) in [4.78, 5) is -0.184. The molecule has 0 saturated heterocycles. The topological polar surface area (TPSA) is 55.8 Å². The zero-order valence-electron chi connectivity index (χ0n) is 14.3. The lowest BCUT2D eigenvalue weighted by Crippen LogP contribution is -2.31. The average molecular weight is 365 g/mol. The van der Waals surface area contributed by atoms with Gasteiger partial charge < -0.3 is 9.47 Å². The summed E-state index contributed by atoms with van der Waals surface area (Å²) in [6, 6.07) is 8.71. The molecule has 0 saturated carbocycles. The number of rotatable bonds is 7. The predicted octanol–water partition coefficient (Wildman–Crippen LogP) is 3.53. The van der Waals surface area contributed by atoms with Gasteiger partial charge in [0.2, 0.25) is 0 Å². The van der Waals surface area contributed by atoms with E-state index in [1.54, 1.807) is 12.1 Å². The molecule has 7 heteroatoms. The summed E-state index contributed by atoms with van der Waals surface area (Å²) in [6.07, 6.45) is 1.46. The number of ether oxygens (including phenoxy) is 2. The molecule has 2 aromatic rings. The third kappa shape index (κ3) is 3.76. The molecule has 0 radical (unpaired) electrons. The molecule has 0 bridgehead atoms. The minimum atomic E-state index is -4.03. The van der Waals surface area contributed by atoms with Gasteiger partial charge in [0.05, 0.1) is 31.3 Å². The van der Waals surface area contributed by atoms with Crippen molar-refractivity contribution < 1.29 is 22.3 Å². The molecule has 2 rings (SSSR count). The van der Waals surface area contributed by atoms with E-state index in [1.807, 2.05) is 13.0 Å². The van der Waals surface area contributed by atoms with Gasteiger partial charge in [-0.15, -0.1) is 6.58 Å². The molecule has 0 atom stereocenters. The van der Waals surface area contributed by atoms with Crippen LogP contribution in [0.1, 0.15) is 5.56 Å². The molecule has 25 heavy (non-hydrogen) atoms. The number of nitrogens with zero attached hydrogens (tertiary/aromatic N) is 1. The van der Waals surface area contributed by atoms with Gasteiger partial charge >= 0.3 is 0 Å². The third-order valence-electron chi connectivity index (χ3n) is 3.61. The van der Waals surface area contributed by atoms with Crippen LogP contribution in [0.4, 0.5) is 10.1 Å². The fourth-order valence-electron chi connectivity index (χ4n) is 2.37. The number of hydrogen-bond acceptors (Lipinski definition) is 4. The molecule has 0 aliphatic carbocycles. The minimum Gasteiger partial charge on any atom is -0.495 e. The lowest BCUT2D eigenvalue weighted by atomic mass is 10.2. The van der Waals surface area contributed by atoms with Gasteiger partial charge in [0.25, 0.3) is 10.0 Å². The van der Waals surface area contributed by atoms with Gasteiger partial charge in [-0.1, -0.05) is 12.1 Å². The molecule has 0 aromatic heterocycles. The molecule has 0 amide bonds. The van der Waals surface area contributed by atoms with E-state index in [9.17, 15) is 12.8 Å². The lowest BCUT2D eigenvalue weighted by molar-refractivity contribution is 0.385. The Bertz CT molecular complexity index is 881. The smallest absolute Gasteiger partial charge is 0.264 e. The van der Waals surface area contributed by atoms with Gasteiger partial charge in [0.1, 0.15) is 5.75 Å². The van der Waals surface area contributed by atoms with E-state index in [2.05, 4.69) is 6.58 Å². The van der Waals surface area contributed by atoms with Crippen molar-refractivity contribution in [1.29, 1.82) is 0 Å². The molecule has 0 heterocycles. The highest BCUT2D eigenvalue weighted by Crippen LogP contribution is 2.34. The number of benzene rings is 2. The number of methoxy groups -OCH3 is 2. The molecular formula is C18H20FNO4S. The fourth-order valence-corrected chi connectivity index (χ4v) is 3.82. The van der Waals surface area contributed by atoms with E-state index < -0.39 is 15.8 Å². The van der Waals surface area contributed by atoms with Crippen LogP contribution >= 0.6 is 0 Å². The van der Waals surface area contributed by atoms with Crippen molar-refractivity contribution >= 4 is 15.7 Å². The highest BCUT2D eigenvalue weighted by atomic mass is 32.2. The zero-order valence-corrected chi connectivity index (χ0v) is 15.1. The molecule has 0 fully saturated rings. The van der Waals surface area contributed by atoms with Crippen LogP contribution in [-0.4, -0.2) is 29.2 Å². The van der Waals surface area contributed by atoms with Crippen LogP contribution in [0.25, 0.3) is 0 Å². The monoisotopic (exact) mass is 365 g/mol. The largest absolute Gasteiger partial charge is 0.495 e. The third-order valence-corrected chi connectivity index (χ3v) is 5.38. The van der Waals surface area contributed by atoms with E-state index in [0.29, 0.717) is 11.4 Å². The molecule has 0 unspecified atom stereocenters. The summed E-state index contributed by atoms with van der Waals surface area (Å²) in [6.45, 7) is 5.47. The summed E-state index contributed by atoms with van der Waals surface area (Å²) in [7, 11) is -1.25. The fraction of sp³-hybridized carbons (Fsp3) is 0.222. The molecule has 134 valence electrons. The average Bonchev–Trinajstić information content (AvgIpc) is 2.59. The summed E-state index contributed by atoms with van der Waals surface area (Å²) in [5, 5.41) is 0. The minimum absolute atomic E-state index is 0.00972. The number of aryl methyl sites for hydroxylation is 1. The second kappa shape index (κ2) is 7.57. The Balaban J connectivity index is 2.61. The SMILES string of the molecule is C=CCN(c1cc(C)ccc1OC)S(=O)(=O)c1ccc(OC)c(F)c1. The van der Waals surface area contributed by atoms with Crippen molar-refractivity contribution in [2.75, 3.05) is 25.1 Å². The molecule has 5 nitrogen and oxygen atoms in total. The van der Waals surface area contributed by atoms with E-state index in [-0.39, 0.29) is 17.2 Å². The van der Waals surface area contributed by atoms with Crippen molar-refractivity contribution in [3.63, 3.8) is 0 Å². The highest BCUT2D eigenvalue weighted by molar-refractivity contribution is 7.92. The maximum Gasteiger partial charge on any atom is 0.264 e. The van der Waals surface area contributed by atoms with Gasteiger partial charge in [-0.2, -0.15) is 0 Å². The Morgan fingerprint density at radius 3 is 2.32 bits per heavy atom. The van der Waals surface area contributed by atoms with Gasteiger partial charge in [-0.25, -0.2) is 12.8 Å². The molecule has 2 aromatic carbocycles. The lowest BCUT2D eigenvalue weighted by Gasteiger charge is -2.25. The Morgan fingerprint density at radius 2 is 1.76 bits per heavy atom. The van der Waals surface area contributed by atoms with Crippen molar-refractivity contribution in [3.8, 4) is 11.5 Å². The van der Waals surface area contributed by atoms with Crippen LogP contribution in [0, 0.1) is 12.7 Å². The van der Waals surface area contributed by atoms with Gasteiger partial charge in [-0.3, -0.25) is 4.31 Å². The first kappa shape index (κ1) is 18.8. The quantitative estimate of drug-likeness (QED) is 0.705. The maximum atomic E-state index is 14.0. The molecule has 0 aliphatic rings. The van der Waals surface area contributed by atoms with Gasteiger partial charge in [0, 0.05) is 0 Å². The van der Waals surface area contributed by atoms with E-state index in [1.165, 1.54) is 32.4 Å². The van der Waals surface area contributed by atoms with Crippen LogP contribution < -0.4 is 13.8 Å². The van der Waals surface area contributed by atoms with Crippen LogP contribution in [0.3, 0.4) is 0 Å². The van der Waals surface area contributed by atoms with Crippen molar-refractivity contribution in [1.82, 2.24) is 0 Å². The highest BCUT2D eigenvalue weighted by Gasteiger charge is 2.27. The zero-order chi connectivity index (χ0) is 18.6. The van der Waals surface area contributed by atoms with Gasteiger partial charge in [-0.05, 0) is 42.8 Å². The van der Waals surface area contributed by atoms with E-state index >= 15 is 0 Å². The van der Waals surface area contributed by atoms with E-state index in [4.69, 9.17) is 9.47 Å². The van der Waals surface area contributed by atoms with Gasteiger partial charge in [0.15, 0.2) is 11.6 Å². The Morgan fingerprint density at radius 1 is 1.12 bits per heavy atom. The van der Waals surface area contributed by atoms with E-state index in [0.717, 1.165) is 15.9 Å². The molecule has 0 aliphatic heterocycles. The van der Waals surface area contributed by atoms with Crippen molar-refractivity contribution in [2.24, 2.45) is 0 Å². The molecular weight excluding hydrogens is 345 g/mol. The predicted molar refractivity (Wildman–Crippen MR) is 95.4 cm³/mol. The molecule has 0 spiro atoms. The summed E-state index contributed by atoms with van der Waals surface area (Å²) in [5.74, 6) is -0.384. The number of hydrogen-bond donors (Lipinski definition) is 0. The Labute approximate surface area is 147 Å². The number of anilines is 1. The van der Waals surface area contributed by atoms with Crippen LogP contribution in [0.15, 0.2) is 53.9 Å².